The van der Waals surface area contributed by atoms with Gasteiger partial charge in [0, 0.05) is 15.6 Å². The molecule has 3 aromatic carbocycles. The third-order valence-corrected chi connectivity index (χ3v) is 4.95. The number of aromatic nitrogens is 2. The summed E-state index contributed by atoms with van der Waals surface area (Å²) < 4.78 is 0.982. The number of amides is 1. The Morgan fingerprint density at radius 2 is 1.45 bits per heavy atom. The van der Waals surface area contributed by atoms with Crippen molar-refractivity contribution in [3.63, 3.8) is 0 Å². The van der Waals surface area contributed by atoms with Gasteiger partial charge in [-0.05, 0) is 17.7 Å². The maximum atomic E-state index is 12.6. The van der Waals surface area contributed by atoms with Crippen molar-refractivity contribution >= 4 is 27.7 Å². The van der Waals surface area contributed by atoms with Gasteiger partial charge in [0.15, 0.2) is 5.82 Å². The van der Waals surface area contributed by atoms with Crippen molar-refractivity contribution < 1.29 is 4.79 Å². The first-order valence-corrected chi connectivity index (χ1v) is 10.0. The molecule has 0 spiro atoms. The van der Waals surface area contributed by atoms with Crippen molar-refractivity contribution in [2.75, 3.05) is 5.32 Å². The molecule has 0 unspecified atom stereocenters. The van der Waals surface area contributed by atoms with Gasteiger partial charge < -0.3 is 5.32 Å². The summed E-state index contributed by atoms with van der Waals surface area (Å²) in [6.45, 7) is 0. The smallest absolute Gasteiger partial charge is 0.230 e. The molecule has 0 aliphatic rings. The molecule has 142 valence electrons. The molecule has 0 atom stereocenters. The third-order valence-electron chi connectivity index (χ3n) is 4.43. The molecule has 1 N–H and O–H groups in total. The lowest BCUT2D eigenvalue weighted by Crippen LogP contribution is -2.16. The van der Waals surface area contributed by atoms with Gasteiger partial charge >= 0.3 is 0 Å². The van der Waals surface area contributed by atoms with Crippen molar-refractivity contribution in [3.8, 4) is 22.5 Å². The van der Waals surface area contributed by atoms with Gasteiger partial charge in [0.25, 0.3) is 0 Å². The highest BCUT2D eigenvalue weighted by Crippen LogP contribution is 2.27. The molecular formula is C24H18BrN3O. The number of benzene rings is 3. The summed E-state index contributed by atoms with van der Waals surface area (Å²) in [5.74, 6) is 0.323. The van der Waals surface area contributed by atoms with E-state index in [1.54, 1.807) is 6.20 Å². The minimum atomic E-state index is -0.133. The van der Waals surface area contributed by atoms with Crippen LogP contribution >= 0.6 is 15.9 Å². The van der Waals surface area contributed by atoms with Crippen LogP contribution in [0.4, 0.5) is 5.82 Å². The Morgan fingerprint density at radius 3 is 2.10 bits per heavy atom. The number of carbonyl (C=O) groups is 1. The number of carbonyl (C=O) groups excluding carboxylic acids is 1. The summed E-state index contributed by atoms with van der Waals surface area (Å²) in [5, 5.41) is 2.93. The molecule has 0 aliphatic carbocycles. The van der Waals surface area contributed by atoms with Gasteiger partial charge in [-0.2, -0.15) is 0 Å². The second kappa shape index (κ2) is 8.80. The first-order valence-electron chi connectivity index (χ1n) is 9.21. The summed E-state index contributed by atoms with van der Waals surface area (Å²) in [7, 11) is 0. The van der Waals surface area contributed by atoms with Gasteiger partial charge in [-0.3, -0.25) is 4.79 Å². The molecule has 0 aliphatic heterocycles. The molecule has 5 heteroatoms. The molecule has 0 saturated heterocycles. The fourth-order valence-electron chi connectivity index (χ4n) is 2.99. The van der Waals surface area contributed by atoms with Gasteiger partial charge in [0.1, 0.15) is 5.69 Å². The van der Waals surface area contributed by atoms with E-state index in [4.69, 9.17) is 4.98 Å². The number of anilines is 1. The van der Waals surface area contributed by atoms with E-state index < -0.39 is 0 Å². The van der Waals surface area contributed by atoms with Crippen molar-refractivity contribution in [2.24, 2.45) is 0 Å². The van der Waals surface area contributed by atoms with Crippen LogP contribution in [0, 0.1) is 0 Å². The first kappa shape index (κ1) is 19.0. The van der Waals surface area contributed by atoms with E-state index in [0.29, 0.717) is 11.5 Å². The van der Waals surface area contributed by atoms with Crippen LogP contribution in [0.1, 0.15) is 5.56 Å². The number of rotatable bonds is 5. The third kappa shape index (κ3) is 4.76. The van der Waals surface area contributed by atoms with E-state index >= 15 is 0 Å². The normalized spacial score (nSPS) is 10.5. The molecular weight excluding hydrogens is 426 g/mol. The van der Waals surface area contributed by atoms with Crippen LogP contribution in [0.25, 0.3) is 22.5 Å². The van der Waals surface area contributed by atoms with Crippen molar-refractivity contribution in [1.29, 1.82) is 0 Å². The molecule has 29 heavy (non-hydrogen) atoms. The highest BCUT2D eigenvalue weighted by atomic mass is 79.9. The Kier molecular flexibility index (Phi) is 5.77. The molecule has 0 fully saturated rings. The first-order chi connectivity index (χ1) is 14.2. The summed E-state index contributed by atoms with van der Waals surface area (Å²) in [4.78, 5) is 21.9. The zero-order chi connectivity index (χ0) is 20.1. The van der Waals surface area contributed by atoms with Gasteiger partial charge in [-0.1, -0.05) is 88.7 Å². The molecule has 4 aromatic rings. The minimum absolute atomic E-state index is 0.133. The summed E-state index contributed by atoms with van der Waals surface area (Å²) in [6.07, 6.45) is 1.96. The highest BCUT2D eigenvalue weighted by Gasteiger charge is 2.14. The van der Waals surface area contributed by atoms with Crippen molar-refractivity contribution in [1.82, 2.24) is 9.97 Å². The Morgan fingerprint density at radius 1 is 0.828 bits per heavy atom. The Hall–Kier alpha value is -3.31. The SMILES string of the molecule is O=C(Cc1ccc(Br)cc1)Nc1ncc(-c2ccccc2)nc1-c1ccccc1. The molecule has 0 saturated carbocycles. The number of nitrogens with one attached hydrogen (secondary N) is 1. The van der Waals surface area contributed by atoms with E-state index in [9.17, 15) is 4.79 Å². The van der Waals surface area contributed by atoms with Gasteiger partial charge in [-0.25, -0.2) is 9.97 Å². The van der Waals surface area contributed by atoms with Crippen molar-refractivity contribution in [3.05, 3.63) is 101 Å². The maximum Gasteiger partial charge on any atom is 0.230 e. The number of nitrogens with zero attached hydrogens (tertiary/aromatic N) is 2. The zero-order valence-corrected chi connectivity index (χ0v) is 17.1. The van der Waals surface area contributed by atoms with E-state index in [2.05, 4.69) is 26.2 Å². The predicted octanol–water partition coefficient (Wildman–Crippen LogP) is 5.75. The fraction of sp³-hybridized carbons (Fsp3) is 0.0417. The summed E-state index contributed by atoms with van der Waals surface area (Å²) in [6, 6.07) is 27.3. The number of hydrogen-bond donors (Lipinski definition) is 1. The van der Waals surface area contributed by atoms with Gasteiger partial charge in [0.05, 0.1) is 18.3 Å². The van der Waals surface area contributed by atoms with Crippen LogP contribution in [-0.2, 0) is 11.2 Å². The van der Waals surface area contributed by atoms with Crippen LogP contribution in [0.2, 0.25) is 0 Å². The second-order valence-corrected chi connectivity index (χ2v) is 7.45. The van der Waals surface area contributed by atoms with E-state index in [1.165, 1.54) is 0 Å². The minimum Gasteiger partial charge on any atom is -0.309 e. The fourth-order valence-corrected chi connectivity index (χ4v) is 3.25. The average Bonchev–Trinajstić information content (AvgIpc) is 2.77. The van der Waals surface area contributed by atoms with Crippen molar-refractivity contribution in [2.45, 2.75) is 6.42 Å². The van der Waals surface area contributed by atoms with E-state index in [-0.39, 0.29) is 12.3 Å². The Bertz CT molecular complexity index is 1110. The molecule has 0 radical (unpaired) electrons. The van der Waals surface area contributed by atoms with Crippen LogP contribution < -0.4 is 5.32 Å². The van der Waals surface area contributed by atoms with Crippen LogP contribution in [0.15, 0.2) is 95.6 Å². The molecule has 0 bridgehead atoms. The Labute approximate surface area is 177 Å². The highest BCUT2D eigenvalue weighted by molar-refractivity contribution is 9.10. The van der Waals surface area contributed by atoms with Crippen LogP contribution in [-0.4, -0.2) is 15.9 Å². The molecule has 1 aromatic heterocycles. The number of halogens is 1. The van der Waals surface area contributed by atoms with Gasteiger partial charge in [0.2, 0.25) is 5.91 Å². The van der Waals surface area contributed by atoms with Crippen LogP contribution in [0.5, 0.6) is 0 Å². The zero-order valence-electron chi connectivity index (χ0n) is 15.5. The van der Waals surface area contributed by atoms with Crippen LogP contribution in [0.3, 0.4) is 0 Å². The van der Waals surface area contributed by atoms with E-state index in [1.807, 2.05) is 84.9 Å². The average molecular weight is 444 g/mol. The quantitative estimate of drug-likeness (QED) is 0.426. The Balaban J connectivity index is 1.65. The maximum absolute atomic E-state index is 12.6. The lowest BCUT2D eigenvalue weighted by molar-refractivity contribution is -0.115. The second-order valence-electron chi connectivity index (χ2n) is 6.54. The molecule has 1 heterocycles. The standard InChI is InChI=1S/C24H18BrN3O/c25-20-13-11-17(12-14-20)15-22(29)28-24-23(19-9-5-2-6-10-19)27-21(16-26-24)18-7-3-1-4-8-18/h1-14,16H,15H2,(H,26,28,29). The summed E-state index contributed by atoms with van der Waals surface area (Å²) in [5.41, 5.74) is 4.22. The largest absolute Gasteiger partial charge is 0.309 e. The lowest BCUT2D eigenvalue weighted by Gasteiger charge is -2.12. The lowest BCUT2D eigenvalue weighted by atomic mass is 10.1. The monoisotopic (exact) mass is 443 g/mol. The topological polar surface area (TPSA) is 54.9 Å². The molecule has 4 nitrogen and oxygen atoms in total. The summed E-state index contributed by atoms with van der Waals surface area (Å²) >= 11 is 3.41. The van der Waals surface area contributed by atoms with E-state index in [0.717, 1.165) is 26.9 Å². The molecule has 4 rings (SSSR count). The van der Waals surface area contributed by atoms with Gasteiger partial charge in [-0.15, -0.1) is 0 Å². The number of hydrogen-bond acceptors (Lipinski definition) is 3. The molecule has 1 amide bonds. The predicted molar refractivity (Wildman–Crippen MR) is 119 cm³/mol.